The van der Waals surface area contributed by atoms with Gasteiger partial charge in [-0.2, -0.15) is 0 Å². The molecule has 0 radical (unpaired) electrons. The minimum atomic E-state index is 0.308. The first-order chi connectivity index (χ1) is 8.58. The number of nitrogens with zero attached hydrogens (tertiary/aromatic N) is 1. The van der Waals surface area contributed by atoms with Crippen LogP contribution in [0.1, 0.15) is 27.9 Å². The zero-order valence-electron chi connectivity index (χ0n) is 10.8. The number of hydrogen-bond acceptors (Lipinski definition) is 3. The molecule has 0 amide bonds. The van der Waals surface area contributed by atoms with E-state index in [4.69, 9.17) is 0 Å². The van der Waals surface area contributed by atoms with Crippen molar-refractivity contribution in [3.05, 3.63) is 49.9 Å². The number of aryl methyl sites for hydroxylation is 2. The number of nitrogens with one attached hydrogen (secondary N) is 1. The molecule has 1 heterocycles. The summed E-state index contributed by atoms with van der Waals surface area (Å²) in [6.45, 7) is 4.17. The molecule has 1 unspecified atom stereocenters. The van der Waals surface area contributed by atoms with Crippen molar-refractivity contribution in [2.45, 2.75) is 26.3 Å². The van der Waals surface area contributed by atoms with E-state index in [1.165, 1.54) is 11.1 Å². The summed E-state index contributed by atoms with van der Waals surface area (Å²) in [4.78, 5) is 4.54. The molecule has 2 aromatic rings. The summed E-state index contributed by atoms with van der Waals surface area (Å²) >= 11 is 5.27. The quantitative estimate of drug-likeness (QED) is 0.918. The molecule has 0 saturated carbocycles. The molecule has 1 N–H and O–H groups in total. The highest BCUT2D eigenvalue weighted by molar-refractivity contribution is 9.10. The van der Waals surface area contributed by atoms with E-state index in [0.29, 0.717) is 6.04 Å². The second-order valence-electron chi connectivity index (χ2n) is 4.47. The van der Waals surface area contributed by atoms with E-state index in [1.807, 2.05) is 14.0 Å². The topological polar surface area (TPSA) is 24.9 Å². The van der Waals surface area contributed by atoms with Gasteiger partial charge in [-0.1, -0.05) is 22.0 Å². The van der Waals surface area contributed by atoms with Crippen LogP contribution in [0.3, 0.4) is 0 Å². The lowest BCUT2D eigenvalue weighted by Gasteiger charge is -2.16. The van der Waals surface area contributed by atoms with Crippen LogP contribution >= 0.6 is 27.3 Å². The van der Waals surface area contributed by atoms with Gasteiger partial charge in [-0.15, -0.1) is 11.3 Å². The molecule has 4 heteroatoms. The zero-order valence-corrected chi connectivity index (χ0v) is 13.2. The lowest BCUT2D eigenvalue weighted by Crippen LogP contribution is -2.19. The van der Waals surface area contributed by atoms with Crippen LogP contribution in [0.4, 0.5) is 0 Å². The van der Waals surface area contributed by atoms with Gasteiger partial charge in [0.2, 0.25) is 0 Å². The number of thiazole rings is 1. The molecule has 0 aliphatic carbocycles. The van der Waals surface area contributed by atoms with E-state index in [1.54, 1.807) is 11.3 Å². The fourth-order valence-corrected chi connectivity index (χ4v) is 3.31. The van der Waals surface area contributed by atoms with Crippen molar-refractivity contribution in [3.8, 4) is 0 Å². The fraction of sp³-hybridized carbons (Fsp3) is 0.357. The number of halogens is 1. The summed E-state index contributed by atoms with van der Waals surface area (Å²) in [5, 5.41) is 6.65. The highest BCUT2D eigenvalue weighted by Gasteiger charge is 2.12. The second kappa shape index (κ2) is 5.95. The molecule has 0 aliphatic heterocycles. The molecule has 18 heavy (non-hydrogen) atoms. The van der Waals surface area contributed by atoms with Gasteiger partial charge in [0.25, 0.3) is 0 Å². The molecule has 0 aliphatic rings. The maximum absolute atomic E-state index is 4.54. The van der Waals surface area contributed by atoms with Crippen molar-refractivity contribution < 1.29 is 0 Å². The van der Waals surface area contributed by atoms with Crippen molar-refractivity contribution >= 4 is 27.3 Å². The minimum absolute atomic E-state index is 0.308. The van der Waals surface area contributed by atoms with Crippen molar-refractivity contribution in [2.75, 3.05) is 7.05 Å². The third kappa shape index (κ3) is 3.40. The van der Waals surface area contributed by atoms with Crippen LogP contribution in [-0.2, 0) is 6.42 Å². The number of rotatable bonds is 4. The number of likely N-dealkylation sites (N-methyl/N-ethyl adjacent to an activating group) is 1. The lowest BCUT2D eigenvalue weighted by molar-refractivity contribution is 0.585. The Labute approximate surface area is 121 Å². The predicted molar refractivity (Wildman–Crippen MR) is 81.2 cm³/mol. The minimum Gasteiger partial charge on any atom is -0.313 e. The Morgan fingerprint density at radius 2 is 2.11 bits per heavy atom. The molecule has 2 rings (SSSR count). The SMILES string of the molecule is CNC(Cc1csc(C)n1)c1cc(C)cc(Br)c1. The molecule has 1 aromatic carbocycles. The van der Waals surface area contributed by atoms with Gasteiger partial charge in [-0.3, -0.25) is 0 Å². The molecule has 2 nitrogen and oxygen atoms in total. The maximum Gasteiger partial charge on any atom is 0.0897 e. The molecular weight excluding hydrogens is 308 g/mol. The van der Waals surface area contributed by atoms with Gasteiger partial charge in [-0.05, 0) is 44.2 Å². The van der Waals surface area contributed by atoms with Crippen LogP contribution in [0.15, 0.2) is 28.1 Å². The van der Waals surface area contributed by atoms with E-state index in [0.717, 1.165) is 21.6 Å². The predicted octanol–water partition coefficient (Wildman–Crippen LogP) is 4.03. The van der Waals surface area contributed by atoms with Crippen LogP contribution < -0.4 is 5.32 Å². The summed E-state index contributed by atoms with van der Waals surface area (Å²) in [5.41, 5.74) is 3.73. The summed E-state index contributed by atoms with van der Waals surface area (Å²) in [6.07, 6.45) is 0.927. The van der Waals surface area contributed by atoms with Gasteiger partial charge >= 0.3 is 0 Å². The molecule has 0 fully saturated rings. The molecule has 0 saturated heterocycles. The standard InChI is InChI=1S/C14H17BrN2S/c1-9-4-11(6-12(15)5-9)14(16-3)7-13-8-18-10(2)17-13/h4-6,8,14,16H,7H2,1-3H3. The Morgan fingerprint density at radius 1 is 1.33 bits per heavy atom. The molecular formula is C14H17BrN2S. The molecule has 1 aromatic heterocycles. The van der Waals surface area contributed by atoms with Gasteiger partial charge < -0.3 is 5.32 Å². The van der Waals surface area contributed by atoms with Gasteiger partial charge in [-0.25, -0.2) is 4.98 Å². The van der Waals surface area contributed by atoms with Crippen molar-refractivity contribution in [2.24, 2.45) is 0 Å². The van der Waals surface area contributed by atoms with Crippen molar-refractivity contribution in [1.29, 1.82) is 0 Å². The Balaban J connectivity index is 2.22. The van der Waals surface area contributed by atoms with E-state index >= 15 is 0 Å². The van der Waals surface area contributed by atoms with Gasteiger partial charge in [0.05, 0.1) is 10.7 Å². The Kier molecular flexibility index (Phi) is 4.54. The maximum atomic E-state index is 4.54. The molecule has 1 atom stereocenters. The van der Waals surface area contributed by atoms with Crippen molar-refractivity contribution in [3.63, 3.8) is 0 Å². The Morgan fingerprint density at radius 3 is 2.67 bits per heavy atom. The normalized spacial score (nSPS) is 12.7. The van der Waals surface area contributed by atoms with Crippen LogP contribution in [0.2, 0.25) is 0 Å². The average Bonchev–Trinajstić information content (AvgIpc) is 2.70. The monoisotopic (exact) mass is 324 g/mol. The summed E-state index contributed by atoms with van der Waals surface area (Å²) < 4.78 is 1.13. The number of benzene rings is 1. The molecule has 96 valence electrons. The van der Waals surface area contributed by atoms with E-state index in [9.17, 15) is 0 Å². The first kappa shape index (κ1) is 13.7. The van der Waals surface area contributed by atoms with E-state index in [-0.39, 0.29) is 0 Å². The van der Waals surface area contributed by atoms with Crippen LogP contribution in [0.5, 0.6) is 0 Å². The summed E-state index contributed by atoms with van der Waals surface area (Å²) in [7, 11) is 2.00. The van der Waals surface area contributed by atoms with Gasteiger partial charge in [0, 0.05) is 22.3 Å². The smallest absolute Gasteiger partial charge is 0.0897 e. The van der Waals surface area contributed by atoms with Crippen LogP contribution in [0, 0.1) is 13.8 Å². The average molecular weight is 325 g/mol. The summed E-state index contributed by atoms with van der Waals surface area (Å²) in [6, 6.07) is 6.84. The largest absolute Gasteiger partial charge is 0.313 e. The van der Waals surface area contributed by atoms with Gasteiger partial charge in [0.1, 0.15) is 0 Å². The first-order valence-electron chi connectivity index (χ1n) is 5.94. The first-order valence-corrected chi connectivity index (χ1v) is 7.61. The summed E-state index contributed by atoms with van der Waals surface area (Å²) in [5.74, 6) is 0. The molecule has 0 spiro atoms. The second-order valence-corrected chi connectivity index (χ2v) is 6.44. The fourth-order valence-electron chi connectivity index (χ4n) is 2.06. The number of hydrogen-bond donors (Lipinski definition) is 1. The third-order valence-corrected chi connectivity index (χ3v) is 4.18. The highest BCUT2D eigenvalue weighted by Crippen LogP contribution is 2.24. The number of aromatic nitrogens is 1. The van der Waals surface area contributed by atoms with E-state index in [2.05, 4.69) is 56.7 Å². The van der Waals surface area contributed by atoms with E-state index < -0.39 is 0 Å². The van der Waals surface area contributed by atoms with Crippen LogP contribution in [0.25, 0.3) is 0 Å². The molecule has 0 bridgehead atoms. The third-order valence-electron chi connectivity index (χ3n) is 2.90. The highest BCUT2D eigenvalue weighted by atomic mass is 79.9. The van der Waals surface area contributed by atoms with Gasteiger partial charge in [0.15, 0.2) is 0 Å². The lowest BCUT2D eigenvalue weighted by atomic mass is 10.0. The Bertz CT molecular complexity index is 516. The van der Waals surface area contributed by atoms with Crippen molar-refractivity contribution in [1.82, 2.24) is 10.3 Å². The zero-order chi connectivity index (χ0) is 13.1. The Hall–Kier alpha value is -0.710. The van der Waals surface area contributed by atoms with Crippen LogP contribution in [-0.4, -0.2) is 12.0 Å².